The number of aliphatic carboxylic acids is 1. The van der Waals surface area contributed by atoms with E-state index < -0.39 is 11.6 Å². The average molecular weight is 344 g/mol. The Morgan fingerprint density at radius 2 is 2.08 bits per heavy atom. The highest BCUT2D eigenvalue weighted by atomic mass is 16.5. The molecule has 1 atom stereocenters. The molecule has 0 saturated carbocycles. The van der Waals surface area contributed by atoms with E-state index in [9.17, 15) is 9.90 Å². The van der Waals surface area contributed by atoms with Gasteiger partial charge in [0.05, 0.1) is 5.69 Å². The molecule has 1 aliphatic carbocycles. The van der Waals surface area contributed by atoms with E-state index in [2.05, 4.69) is 22.0 Å². The minimum absolute atomic E-state index is 0.512. The summed E-state index contributed by atoms with van der Waals surface area (Å²) >= 11 is 0. The molecule has 5 nitrogen and oxygen atoms in total. The molecule has 0 radical (unpaired) electrons. The molecule has 0 unspecified atom stereocenters. The Morgan fingerprint density at radius 1 is 1.32 bits per heavy atom. The molecular formula is C20H28N2O3. The van der Waals surface area contributed by atoms with E-state index in [1.807, 2.05) is 26.0 Å². The summed E-state index contributed by atoms with van der Waals surface area (Å²) in [5, 5.41) is 9.83. The molecule has 5 heteroatoms. The zero-order chi connectivity index (χ0) is 17.9. The topological polar surface area (TPSA) is 62.7 Å². The average Bonchev–Trinajstić information content (AvgIpc) is 2.60. The third kappa shape index (κ3) is 4.21. The van der Waals surface area contributed by atoms with Crippen molar-refractivity contribution in [2.45, 2.75) is 51.6 Å². The van der Waals surface area contributed by atoms with Crippen LogP contribution in [-0.4, -0.2) is 46.2 Å². The highest BCUT2D eigenvalue weighted by Crippen LogP contribution is 2.31. The first-order chi connectivity index (χ1) is 12.0. The van der Waals surface area contributed by atoms with Crippen LogP contribution >= 0.6 is 0 Å². The van der Waals surface area contributed by atoms with Gasteiger partial charge in [-0.15, -0.1) is 0 Å². The van der Waals surface area contributed by atoms with Crippen LogP contribution in [0.5, 0.6) is 5.75 Å². The number of hydrogen-bond acceptors (Lipinski definition) is 4. The molecule has 25 heavy (non-hydrogen) atoms. The summed E-state index contributed by atoms with van der Waals surface area (Å²) in [6.07, 6.45) is 9.10. The summed E-state index contributed by atoms with van der Waals surface area (Å²) in [7, 11) is 0. The van der Waals surface area contributed by atoms with Crippen molar-refractivity contribution in [3.8, 4) is 5.75 Å². The molecular weight excluding hydrogens is 316 g/mol. The number of nitrogens with zero attached hydrogens (tertiary/aromatic N) is 2. The predicted molar refractivity (Wildman–Crippen MR) is 96.9 cm³/mol. The normalized spacial score (nSPS) is 23.4. The van der Waals surface area contributed by atoms with Crippen molar-refractivity contribution in [2.75, 3.05) is 19.6 Å². The van der Waals surface area contributed by atoms with Gasteiger partial charge in [-0.3, -0.25) is 4.98 Å². The number of piperidine rings is 1. The first-order valence-corrected chi connectivity index (χ1v) is 9.22. The Labute approximate surface area is 149 Å². The minimum atomic E-state index is -1.13. The Hall–Kier alpha value is -1.88. The summed E-state index contributed by atoms with van der Waals surface area (Å²) < 4.78 is 6.03. The standard InChI is InChI=1S/C20H28N2O3/c1-15-8-9-18(16(2)21-15)25-20(19(23)24)10-12-22(13-11-20)14-17-6-4-3-5-7-17/h3-4,8-9,17H,5-7,10-14H2,1-2H3,(H,23,24)/t17-/m0/s1. The van der Waals surface area contributed by atoms with Gasteiger partial charge >= 0.3 is 5.97 Å². The van der Waals surface area contributed by atoms with Crippen LogP contribution < -0.4 is 4.74 Å². The lowest BCUT2D eigenvalue weighted by molar-refractivity contribution is -0.160. The summed E-state index contributed by atoms with van der Waals surface area (Å²) in [6, 6.07) is 3.70. The summed E-state index contributed by atoms with van der Waals surface area (Å²) in [5.74, 6) is 0.415. The van der Waals surface area contributed by atoms with Gasteiger partial charge in [0.15, 0.2) is 0 Å². The van der Waals surface area contributed by atoms with Crippen molar-refractivity contribution in [1.29, 1.82) is 0 Å². The highest BCUT2D eigenvalue weighted by Gasteiger charge is 2.44. The molecule has 0 spiro atoms. The molecule has 1 aromatic heterocycles. The number of rotatable bonds is 5. The summed E-state index contributed by atoms with van der Waals surface area (Å²) in [4.78, 5) is 18.8. The maximum atomic E-state index is 12.0. The second kappa shape index (κ2) is 7.56. The molecule has 2 heterocycles. The Morgan fingerprint density at radius 3 is 2.68 bits per heavy atom. The zero-order valence-corrected chi connectivity index (χ0v) is 15.2. The zero-order valence-electron chi connectivity index (χ0n) is 15.2. The lowest BCUT2D eigenvalue weighted by atomic mass is 9.88. The molecule has 136 valence electrons. The van der Waals surface area contributed by atoms with Gasteiger partial charge in [0, 0.05) is 38.2 Å². The number of aromatic nitrogens is 1. The van der Waals surface area contributed by atoms with Crippen LogP contribution in [-0.2, 0) is 4.79 Å². The third-order valence-corrected chi connectivity index (χ3v) is 5.43. The minimum Gasteiger partial charge on any atom is -0.478 e. The molecule has 1 aromatic rings. The number of hydrogen-bond donors (Lipinski definition) is 1. The second-order valence-electron chi connectivity index (χ2n) is 7.39. The Bertz CT molecular complexity index is 648. The molecule has 2 aliphatic rings. The first kappa shape index (κ1) is 17.9. The fraction of sp³-hybridized carbons (Fsp3) is 0.600. The maximum absolute atomic E-state index is 12.0. The van der Waals surface area contributed by atoms with Crippen molar-refractivity contribution in [1.82, 2.24) is 9.88 Å². The first-order valence-electron chi connectivity index (χ1n) is 9.22. The van der Waals surface area contributed by atoms with Gasteiger partial charge in [-0.25, -0.2) is 4.79 Å². The largest absolute Gasteiger partial charge is 0.478 e. The smallest absolute Gasteiger partial charge is 0.348 e. The number of aryl methyl sites for hydroxylation is 2. The molecule has 1 N–H and O–H groups in total. The quantitative estimate of drug-likeness (QED) is 0.830. The highest BCUT2D eigenvalue weighted by molar-refractivity contribution is 5.78. The Kier molecular flexibility index (Phi) is 5.42. The number of carboxylic acid groups (broad SMARTS) is 1. The van der Waals surface area contributed by atoms with Crippen molar-refractivity contribution in [3.63, 3.8) is 0 Å². The van der Waals surface area contributed by atoms with Gasteiger partial charge in [0.25, 0.3) is 0 Å². The summed E-state index contributed by atoms with van der Waals surface area (Å²) in [5.41, 5.74) is 0.521. The van der Waals surface area contributed by atoms with E-state index in [1.54, 1.807) is 0 Å². The summed E-state index contributed by atoms with van der Waals surface area (Å²) in [6.45, 7) is 6.38. The van der Waals surface area contributed by atoms with Crippen molar-refractivity contribution in [3.05, 3.63) is 35.7 Å². The van der Waals surface area contributed by atoms with Gasteiger partial charge in [-0.1, -0.05) is 12.2 Å². The van der Waals surface area contributed by atoms with E-state index in [0.29, 0.717) is 24.5 Å². The SMILES string of the molecule is Cc1ccc(OC2(C(=O)O)CCN(C[C@H]3CC=CCC3)CC2)c(C)n1. The van der Waals surface area contributed by atoms with Crippen LogP contribution in [0.3, 0.4) is 0 Å². The van der Waals surface area contributed by atoms with Crippen LogP contribution in [0.25, 0.3) is 0 Å². The van der Waals surface area contributed by atoms with Crippen molar-refractivity contribution in [2.24, 2.45) is 5.92 Å². The van der Waals surface area contributed by atoms with Crippen LogP contribution in [0, 0.1) is 19.8 Å². The predicted octanol–water partition coefficient (Wildman–Crippen LogP) is 3.35. The number of ether oxygens (including phenoxy) is 1. The van der Waals surface area contributed by atoms with E-state index in [-0.39, 0.29) is 0 Å². The molecule has 1 aliphatic heterocycles. The fourth-order valence-corrected chi connectivity index (χ4v) is 3.84. The van der Waals surface area contributed by atoms with Gasteiger partial charge in [-0.2, -0.15) is 0 Å². The van der Waals surface area contributed by atoms with Crippen LogP contribution in [0.4, 0.5) is 0 Å². The number of carboxylic acids is 1. The van der Waals surface area contributed by atoms with Gasteiger partial charge in [0.1, 0.15) is 5.75 Å². The van der Waals surface area contributed by atoms with Crippen molar-refractivity contribution < 1.29 is 14.6 Å². The second-order valence-corrected chi connectivity index (χ2v) is 7.39. The lowest BCUT2D eigenvalue weighted by Crippen LogP contribution is -2.54. The number of allylic oxidation sites excluding steroid dienone is 2. The third-order valence-electron chi connectivity index (χ3n) is 5.43. The lowest BCUT2D eigenvalue weighted by Gasteiger charge is -2.40. The molecule has 1 saturated heterocycles. The maximum Gasteiger partial charge on any atom is 0.348 e. The van der Waals surface area contributed by atoms with Crippen LogP contribution in [0.2, 0.25) is 0 Å². The monoisotopic (exact) mass is 344 g/mol. The molecule has 1 fully saturated rings. The molecule has 0 amide bonds. The van der Waals surface area contributed by atoms with E-state index in [0.717, 1.165) is 37.4 Å². The Balaban J connectivity index is 1.64. The van der Waals surface area contributed by atoms with E-state index >= 15 is 0 Å². The number of carbonyl (C=O) groups is 1. The van der Waals surface area contributed by atoms with E-state index in [1.165, 1.54) is 12.8 Å². The van der Waals surface area contributed by atoms with Gasteiger partial charge in [-0.05, 0) is 51.2 Å². The molecule has 0 aromatic carbocycles. The number of likely N-dealkylation sites (tertiary alicyclic amines) is 1. The van der Waals surface area contributed by atoms with Crippen LogP contribution in [0.15, 0.2) is 24.3 Å². The van der Waals surface area contributed by atoms with Gasteiger partial charge < -0.3 is 14.7 Å². The molecule has 3 rings (SSSR count). The van der Waals surface area contributed by atoms with Crippen LogP contribution in [0.1, 0.15) is 43.5 Å². The van der Waals surface area contributed by atoms with Gasteiger partial charge in [0.2, 0.25) is 5.60 Å². The fourth-order valence-electron chi connectivity index (χ4n) is 3.84. The van der Waals surface area contributed by atoms with E-state index in [4.69, 9.17) is 4.74 Å². The van der Waals surface area contributed by atoms with Crippen molar-refractivity contribution >= 4 is 5.97 Å². The number of pyridine rings is 1. The molecule has 0 bridgehead atoms.